The van der Waals surface area contributed by atoms with Gasteiger partial charge >= 0.3 is 0 Å². The van der Waals surface area contributed by atoms with Crippen LogP contribution in [0.25, 0.3) is 0 Å². The van der Waals surface area contributed by atoms with Crippen molar-refractivity contribution in [1.82, 2.24) is 9.80 Å². The first kappa shape index (κ1) is 21.2. The molecule has 1 aromatic carbocycles. The van der Waals surface area contributed by atoms with Gasteiger partial charge < -0.3 is 19.5 Å². The SMILES string of the molecule is CCN1CCN(C[C@H](O)COCCOc2ccc(C(C)(C)C)cc2)CC1. The fraction of sp³-hybridized carbons (Fsp3) is 0.714. The van der Waals surface area contributed by atoms with Gasteiger partial charge in [-0.1, -0.05) is 39.8 Å². The number of aliphatic hydroxyl groups is 1. The number of hydrogen-bond donors (Lipinski definition) is 1. The van der Waals surface area contributed by atoms with Crippen molar-refractivity contribution in [2.24, 2.45) is 0 Å². The number of piperazine rings is 1. The van der Waals surface area contributed by atoms with Gasteiger partial charge in [0.1, 0.15) is 12.4 Å². The smallest absolute Gasteiger partial charge is 0.119 e. The molecule has 1 aliphatic heterocycles. The molecule has 26 heavy (non-hydrogen) atoms. The second-order valence-electron chi connectivity index (χ2n) is 8.09. The van der Waals surface area contributed by atoms with Crippen molar-refractivity contribution in [1.29, 1.82) is 0 Å². The molecule has 1 fully saturated rings. The Balaban J connectivity index is 1.56. The Morgan fingerprint density at radius 1 is 1.00 bits per heavy atom. The largest absolute Gasteiger partial charge is 0.491 e. The lowest BCUT2D eigenvalue weighted by Crippen LogP contribution is -2.48. The standard InChI is InChI=1S/C21H36N2O3/c1-5-22-10-12-23(13-11-22)16-19(24)17-25-14-15-26-20-8-6-18(7-9-20)21(2,3)4/h6-9,19,24H,5,10-17H2,1-4H3/t19-/m0/s1. The van der Waals surface area contributed by atoms with E-state index in [2.05, 4.69) is 49.6 Å². The number of rotatable bonds is 9. The summed E-state index contributed by atoms with van der Waals surface area (Å²) in [5, 5.41) is 10.1. The van der Waals surface area contributed by atoms with Crippen molar-refractivity contribution in [3.05, 3.63) is 29.8 Å². The van der Waals surface area contributed by atoms with Crippen molar-refractivity contribution in [3.63, 3.8) is 0 Å². The Hall–Kier alpha value is -1.14. The summed E-state index contributed by atoms with van der Waals surface area (Å²) < 4.78 is 11.3. The molecular formula is C21H36N2O3. The highest BCUT2D eigenvalue weighted by Gasteiger charge is 2.18. The zero-order valence-corrected chi connectivity index (χ0v) is 16.9. The normalized spacial score (nSPS) is 18.0. The first-order valence-corrected chi connectivity index (χ1v) is 9.82. The van der Waals surface area contributed by atoms with Crippen molar-refractivity contribution < 1.29 is 14.6 Å². The van der Waals surface area contributed by atoms with Gasteiger partial charge in [0.2, 0.25) is 0 Å². The summed E-state index contributed by atoms with van der Waals surface area (Å²) >= 11 is 0. The summed E-state index contributed by atoms with van der Waals surface area (Å²) in [5.41, 5.74) is 1.45. The van der Waals surface area contributed by atoms with Crippen LogP contribution >= 0.6 is 0 Å². The van der Waals surface area contributed by atoms with E-state index in [1.165, 1.54) is 5.56 Å². The van der Waals surface area contributed by atoms with Crippen LogP contribution in [0.1, 0.15) is 33.3 Å². The van der Waals surface area contributed by atoms with Crippen molar-refractivity contribution in [2.75, 3.05) is 59.1 Å². The van der Waals surface area contributed by atoms with E-state index >= 15 is 0 Å². The number of ether oxygens (including phenoxy) is 2. The Kier molecular flexibility index (Phi) is 8.35. The maximum Gasteiger partial charge on any atom is 0.119 e. The van der Waals surface area contributed by atoms with Crippen LogP contribution < -0.4 is 4.74 Å². The zero-order chi connectivity index (χ0) is 19.0. The minimum Gasteiger partial charge on any atom is -0.491 e. The van der Waals surface area contributed by atoms with Gasteiger partial charge in [0, 0.05) is 32.7 Å². The Labute approximate surface area is 158 Å². The summed E-state index contributed by atoms with van der Waals surface area (Å²) in [6.07, 6.45) is -0.436. The first-order valence-electron chi connectivity index (χ1n) is 9.82. The van der Waals surface area contributed by atoms with Crippen LogP contribution in [0.3, 0.4) is 0 Å². The van der Waals surface area contributed by atoms with Gasteiger partial charge in [-0.05, 0) is 29.7 Å². The van der Waals surface area contributed by atoms with Crippen LogP contribution in [0, 0.1) is 0 Å². The second kappa shape index (κ2) is 10.3. The molecule has 0 unspecified atom stereocenters. The molecule has 1 heterocycles. The summed E-state index contributed by atoms with van der Waals surface area (Å²) in [4.78, 5) is 4.75. The number of hydrogen-bond acceptors (Lipinski definition) is 5. The maximum atomic E-state index is 10.1. The summed E-state index contributed by atoms with van der Waals surface area (Å²) in [7, 11) is 0. The van der Waals surface area contributed by atoms with Crippen LogP contribution in [-0.2, 0) is 10.2 Å². The molecule has 0 saturated carbocycles. The number of likely N-dealkylation sites (N-methyl/N-ethyl adjacent to an activating group) is 1. The topological polar surface area (TPSA) is 45.2 Å². The van der Waals surface area contributed by atoms with E-state index in [-0.39, 0.29) is 5.41 Å². The quantitative estimate of drug-likeness (QED) is 0.682. The molecule has 0 radical (unpaired) electrons. The second-order valence-corrected chi connectivity index (χ2v) is 8.09. The summed E-state index contributed by atoms with van der Waals surface area (Å²) in [5.74, 6) is 0.857. The van der Waals surface area contributed by atoms with Gasteiger partial charge in [0.05, 0.1) is 19.3 Å². The van der Waals surface area contributed by atoms with E-state index in [4.69, 9.17) is 9.47 Å². The van der Waals surface area contributed by atoms with Crippen molar-refractivity contribution >= 4 is 0 Å². The fourth-order valence-corrected chi connectivity index (χ4v) is 3.13. The minimum absolute atomic E-state index is 0.154. The van der Waals surface area contributed by atoms with Crippen molar-refractivity contribution in [2.45, 2.75) is 39.2 Å². The van der Waals surface area contributed by atoms with Gasteiger partial charge in [-0.15, -0.1) is 0 Å². The predicted octanol–water partition coefficient (Wildman–Crippen LogP) is 2.38. The lowest BCUT2D eigenvalue weighted by Gasteiger charge is -2.34. The molecule has 1 N–H and O–H groups in total. The summed E-state index contributed by atoms with van der Waals surface area (Å²) in [6, 6.07) is 8.23. The van der Waals surface area contributed by atoms with Crippen molar-refractivity contribution in [3.8, 4) is 5.75 Å². The van der Waals surface area contributed by atoms with Crippen LogP contribution in [0.4, 0.5) is 0 Å². The molecule has 1 saturated heterocycles. The zero-order valence-electron chi connectivity index (χ0n) is 16.9. The molecule has 2 rings (SSSR count). The third-order valence-electron chi connectivity index (χ3n) is 4.91. The average Bonchev–Trinajstić information content (AvgIpc) is 2.62. The van der Waals surface area contributed by atoms with E-state index in [0.29, 0.717) is 26.4 Å². The molecule has 148 valence electrons. The van der Waals surface area contributed by atoms with Gasteiger partial charge in [-0.25, -0.2) is 0 Å². The molecule has 0 aliphatic carbocycles. The monoisotopic (exact) mass is 364 g/mol. The van der Waals surface area contributed by atoms with Crippen LogP contribution in [-0.4, -0.2) is 80.1 Å². The molecule has 1 atom stereocenters. The van der Waals surface area contributed by atoms with Crippen LogP contribution in [0.5, 0.6) is 5.75 Å². The van der Waals surface area contributed by atoms with Gasteiger partial charge in [0.15, 0.2) is 0 Å². The predicted molar refractivity (Wildman–Crippen MR) is 106 cm³/mol. The van der Waals surface area contributed by atoms with Crippen LogP contribution in [0.2, 0.25) is 0 Å². The molecule has 0 aromatic heterocycles. The molecule has 5 heteroatoms. The lowest BCUT2D eigenvalue weighted by molar-refractivity contribution is 0.000390. The number of β-amino-alcohol motifs (C(OH)–C–C–N with tert-alkyl or cyclic N) is 1. The van der Waals surface area contributed by atoms with Gasteiger partial charge in [-0.3, -0.25) is 4.90 Å². The molecular weight excluding hydrogens is 328 g/mol. The Bertz CT molecular complexity index is 505. The minimum atomic E-state index is -0.436. The molecule has 1 aromatic rings. The molecule has 0 amide bonds. The molecule has 0 bridgehead atoms. The Morgan fingerprint density at radius 3 is 2.19 bits per heavy atom. The lowest BCUT2D eigenvalue weighted by atomic mass is 9.87. The molecule has 5 nitrogen and oxygen atoms in total. The molecule has 1 aliphatic rings. The van der Waals surface area contributed by atoms with E-state index in [1.54, 1.807) is 0 Å². The van der Waals surface area contributed by atoms with Crippen LogP contribution in [0.15, 0.2) is 24.3 Å². The third-order valence-corrected chi connectivity index (χ3v) is 4.91. The Morgan fingerprint density at radius 2 is 1.62 bits per heavy atom. The highest BCUT2D eigenvalue weighted by Crippen LogP contribution is 2.24. The average molecular weight is 365 g/mol. The highest BCUT2D eigenvalue weighted by molar-refractivity contribution is 5.31. The molecule has 0 spiro atoms. The van der Waals surface area contributed by atoms with Gasteiger partial charge in [0.25, 0.3) is 0 Å². The third kappa shape index (κ3) is 7.23. The number of nitrogens with zero attached hydrogens (tertiary/aromatic N) is 2. The highest BCUT2D eigenvalue weighted by atomic mass is 16.5. The maximum absolute atomic E-state index is 10.1. The number of aliphatic hydroxyl groups excluding tert-OH is 1. The van der Waals surface area contributed by atoms with E-state index in [9.17, 15) is 5.11 Å². The number of benzene rings is 1. The van der Waals surface area contributed by atoms with E-state index < -0.39 is 6.10 Å². The van der Waals surface area contributed by atoms with Gasteiger partial charge in [-0.2, -0.15) is 0 Å². The van der Waals surface area contributed by atoms with E-state index in [0.717, 1.165) is 38.5 Å². The van der Waals surface area contributed by atoms with E-state index in [1.807, 2.05) is 12.1 Å². The fourth-order valence-electron chi connectivity index (χ4n) is 3.13. The summed E-state index contributed by atoms with van der Waals surface area (Å²) in [6.45, 7) is 16.2. The first-order chi connectivity index (χ1) is 12.4.